The third kappa shape index (κ3) is 3.01. The predicted octanol–water partition coefficient (Wildman–Crippen LogP) is -0.899. The van der Waals surface area contributed by atoms with E-state index in [1.54, 1.807) is 0 Å². The number of carboxylic acids is 3. The molecule has 0 aromatic carbocycles. The standard InChI is InChI=1S/C15H18N2O8/c1-6-11(19)8(7(5-18)4-16-6)2-10-15(13(22)23,14(24)25)3-9(17-10)12(20)21/h4,9-10,17-19H,2-3,5H2,1H3,(H,20,21)(H,22,23)(H,24,25)/t9-,10?/m0/s1. The maximum Gasteiger partial charge on any atom is 0.322 e. The normalized spacial score (nSPS) is 21.8. The molecule has 1 saturated heterocycles. The number of hydrogen-bond acceptors (Lipinski definition) is 7. The van der Waals surface area contributed by atoms with Gasteiger partial charge in [0.25, 0.3) is 0 Å². The lowest BCUT2D eigenvalue weighted by atomic mass is 9.76. The molecule has 136 valence electrons. The van der Waals surface area contributed by atoms with Crippen molar-refractivity contribution < 1.29 is 39.9 Å². The average molecular weight is 354 g/mol. The lowest BCUT2D eigenvalue weighted by molar-refractivity contribution is -0.165. The van der Waals surface area contributed by atoms with Gasteiger partial charge in [0.2, 0.25) is 0 Å². The third-order valence-electron chi connectivity index (χ3n) is 4.59. The number of rotatable bonds is 6. The number of hydrogen-bond donors (Lipinski definition) is 6. The van der Waals surface area contributed by atoms with Crippen LogP contribution >= 0.6 is 0 Å². The lowest BCUT2D eigenvalue weighted by Gasteiger charge is -2.27. The maximum atomic E-state index is 11.7. The van der Waals surface area contributed by atoms with E-state index >= 15 is 0 Å². The number of nitrogens with one attached hydrogen (secondary N) is 1. The molecule has 0 radical (unpaired) electrons. The molecule has 10 heteroatoms. The van der Waals surface area contributed by atoms with Crippen molar-refractivity contribution >= 4 is 17.9 Å². The molecule has 0 bridgehead atoms. The van der Waals surface area contributed by atoms with E-state index in [1.165, 1.54) is 13.1 Å². The first-order valence-electron chi connectivity index (χ1n) is 7.38. The molecule has 1 unspecified atom stereocenters. The van der Waals surface area contributed by atoms with Gasteiger partial charge in [0.05, 0.1) is 12.3 Å². The zero-order valence-corrected chi connectivity index (χ0v) is 13.3. The largest absolute Gasteiger partial charge is 0.506 e. The molecule has 1 aromatic heterocycles. The summed E-state index contributed by atoms with van der Waals surface area (Å²) in [5.74, 6) is -5.00. The van der Waals surface area contributed by atoms with Crippen molar-refractivity contribution in [3.63, 3.8) is 0 Å². The van der Waals surface area contributed by atoms with Crippen LogP contribution in [-0.2, 0) is 27.4 Å². The summed E-state index contributed by atoms with van der Waals surface area (Å²) < 4.78 is 0. The van der Waals surface area contributed by atoms with Crippen LogP contribution in [0.15, 0.2) is 6.20 Å². The second kappa shape index (κ2) is 6.65. The number of pyridine rings is 1. The number of aliphatic carboxylic acids is 3. The highest BCUT2D eigenvalue weighted by molar-refractivity contribution is 6.01. The SMILES string of the molecule is Cc1ncc(CO)c(CC2N[C@H](C(=O)O)CC2(C(=O)O)C(=O)O)c1O. The van der Waals surface area contributed by atoms with Crippen molar-refractivity contribution in [3.05, 3.63) is 23.0 Å². The van der Waals surface area contributed by atoms with Crippen LogP contribution in [0, 0.1) is 12.3 Å². The van der Waals surface area contributed by atoms with Crippen molar-refractivity contribution in [3.8, 4) is 5.75 Å². The summed E-state index contributed by atoms with van der Waals surface area (Å²) in [4.78, 5) is 38.5. The first kappa shape index (κ1) is 18.6. The number of aromatic nitrogens is 1. The van der Waals surface area contributed by atoms with E-state index in [1.807, 2.05) is 0 Å². The van der Waals surface area contributed by atoms with Crippen molar-refractivity contribution in [1.82, 2.24) is 10.3 Å². The summed E-state index contributed by atoms with van der Waals surface area (Å²) in [5.41, 5.74) is -1.82. The van der Waals surface area contributed by atoms with Gasteiger partial charge < -0.3 is 25.5 Å². The fourth-order valence-electron chi connectivity index (χ4n) is 3.12. The zero-order chi connectivity index (χ0) is 18.9. The van der Waals surface area contributed by atoms with Crippen molar-refractivity contribution in [2.75, 3.05) is 0 Å². The van der Waals surface area contributed by atoms with Gasteiger partial charge in [0.1, 0.15) is 11.8 Å². The smallest absolute Gasteiger partial charge is 0.322 e. The second-order valence-electron chi connectivity index (χ2n) is 5.95. The van der Waals surface area contributed by atoms with Crippen LogP contribution in [0.1, 0.15) is 23.2 Å². The highest BCUT2D eigenvalue weighted by Crippen LogP contribution is 2.39. The molecular formula is C15H18N2O8. The summed E-state index contributed by atoms with van der Waals surface area (Å²) >= 11 is 0. The van der Waals surface area contributed by atoms with Crippen molar-refractivity contribution in [2.45, 2.75) is 38.5 Å². The molecule has 1 aromatic rings. The molecule has 2 atom stereocenters. The van der Waals surface area contributed by atoms with Crippen LogP contribution in [0.4, 0.5) is 0 Å². The molecule has 0 spiro atoms. The molecule has 0 aliphatic carbocycles. The summed E-state index contributed by atoms with van der Waals surface area (Å²) in [6.45, 7) is 0.988. The Hall–Kier alpha value is -2.72. The van der Waals surface area contributed by atoms with Gasteiger partial charge in [-0.05, 0) is 13.3 Å². The van der Waals surface area contributed by atoms with Crippen LogP contribution in [0.5, 0.6) is 5.75 Å². The Labute approximate surface area is 141 Å². The molecule has 1 fully saturated rings. The Morgan fingerprint density at radius 3 is 2.36 bits per heavy atom. The summed E-state index contributed by atoms with van der Waals surface area (Å²) in [6, 6.07) is -2.67. The van der Waals surface area contributed by atoms with E-state index in [-0.39, 0.29) is 29.0 Å². The fraction of sp³-hybridized carbons (Fsp3) is 0.467. The quantitative estimate of drug-likeness (QED) is 0.351. The molecule has 1 aliphatic heterocycles. The molecule has 10 nitrogen and oxygen atoms in total. The Balaban J connectivity index is 2.52. The van der Waals surface area contributed by atoms with Crippen LogP contribution in [0.25, 0.3) is 0 Å². The van der Waals surface area contributed by atoms with E-state index < -0.39 is 48.4 Å². The van der Waals surface area contributed by atoms with Crippen LogP contribution in [0.2, 0.25) is 0 Å². The van der Waals surface area contributed by atoms with Gasteiger partial charge in [-0.15, -0.1) is 0 Å². The molecule has 6 N–H and O–H groups in total. The van der Waals surface area contributed by atoms with Crippen molar-refractivity contribution in [2.24, 2.45) is 5.41 Å². The molecule has 25 heavy (non-hydrogen) atoms. The average Bonchev–Trinajstić information content (AvgIpc) is 2.93. The van der Waals surface area contributed by atoms with Gasteiger partial charge in [0.15, 0.2) is 5.41 Å². The second-order valence-corrected chi connectivity index (χ2v) is 5.95. The highest BCUT2D eigenvalue weighted by Gasteiger charge is 2.60. The first-order valence-corrected chi connectivity index (χ1v) is 7.38. The number of aliphatic hydroxyl groups excluding tert-OH is 1. The molecule has 1 aliphatic rings. The number of carboxylic acid groups (broad SMARTS) is 3. The summed E-state index contributed by atoms with van der Waals surface area (Å²) in [6.07, 6.45) is 0.349. The number of aryl methyl sites for hydroxylation is 1. The summed E-state index contributed by atoms with van der Waals surface area (Å²) in [7, 11) is 0. The monoisotopic (exact) mass is 354 g/mol. The van der Waals surface area contributed by atoms with Crippen molar-refractivity contribution in [1.29, 1.82) is 0 Å². The number of aliphatic hydroxyl groups is 1. The first-order chi connectivity index (χ1) is 11.6. The Bertz CT molecular complexity index is 718. The number of carbonyl (C=O) groups is 3. The van der Waals surface area contributed by atoms with E-state index in [0.717, 1.165) is 0 Å². The number of nitrogens with zero attached hydrogens (tertiary/aromatic N) is 1. The summed E-state index contributed by atoms with van der Waals surface area (Å²) in [5, 5.41) is 50.2. The Morgan fingerprint density at radius 2 is 1.88 bits per heavy atom. The minimum atomic E-state index is -2.38. The van der Waals surface area contributed by atoms with E-state index in [4.69, 9.17) is 5.11 Å². The van der Waals surface area contributed by atoms with E-state index in [9.17, 15) is 34.8 Å². The minimum Gasteiger partial charge on any atom is -0.506 e. The molecule has 2 heterocycles. The highest BCUT2D eigenvalue weighted by atomic mass is 16.4. The molecular weight excluding hydrogens is 336 g/mol. The van der Waals surface area contributed by atoms with E-state index in [2.05, 4.69) is 10.3 Å². The third-order valence-corrected chi connectivity index (χ3v) is 4.59. The molecule has 0 amide bonds. The topological polar surface area (TPSA) is 177 Å². The van der Waals surface area contributed by atoms with Gasteiger partial charge in [-0.25, -0.2) is 0 Å². The Kier molecular flexibility index (Phi) is 4.95. The van der Waals surface area contributed by atoms with E-state index in [0.29, 0.717) is 0 Å². The Morgan fingerprint density at radius 1 is 1.28 bits per heavy atom. The van der Waals surface area contributed by atoms with Gasteiger partial charge in [-0.2, -0.15) is 0 Å². The lowest BCUT2D eigenvalue weighted by Crippen LogP contribution is -2.50. The van der Waals surface area contributed by atoms with Gasteiger partial charge >= 0.3 is 17.9 Å². The molecule has 0 saturated carbocycles. The van der Waals surface area contributed by atoms with Gasteiger partial charge in [0, 0.05) is 29.8 Å². The number of aromatic hydroxyl groups is 1. The van der Waals surface area contributed by atoms with Crippen LogP contribution in [-0.4, -0.2) is 60.5 Å². The molecule has 2 rings (SSSR count). The van der Waals surface area contributed by atoms with Gasteiger partial charge in [-0.1, -0.05) is 0 Å². The van der Waals surface area contributed by atoms with Crippen LogP contribution < -0.4 is 5.32 Å². The predicted molar refractivity (Wildman–Crippen MR) is 80.9 cm³/mol. The van der Waals surface area contributed by atoms with Gasteiger partial charge in [-0.3, -0.25) is 24.7 Å². The fourth-order valence-corrected chi connectivity index (χ4v) is 3.12. The maximum absolute atomic E-state index is 11.7. The van der Waals surface area contributed by atoms with Crippen LogP contribution in [0.3, 0.4) is 0 Å². The zero-order valence-electron chi connectivity index (χ0n) is 13.3. The minimum absolute atomic E-state index is 0.130.